The van der Waals surface area contributed by atoms with Crippen LogP contribution < -0.4 is 5.73 Å². The summed E-state index contributed by atoms with van der Waals surface area (Å²) in [5.41, 5.74) is 9.93. The van der Waals surface area contributed by atoms with Crippen molar-refractivity contribution in [2.24, 2.45) is 5.73 Å². The molecule has 1 atom stereocenters. The molecular weight excluding hydrogens is 226 g/mol. The predicted molar refractivity (Wildman–Crippen MR) is 68.8 cm³/mol. The van der Waals surface area contributed by atoms with Gasteiger partial charge in [-0.05, 0) is 27.8 Å². The number of amides is 1. The molecule has 3 rings (SSSR count). The normalized spacial score (nSPS) is 16.2. The highest BCUT2D eigenvalue weighted by Gasteiger charge is 2.26. The summed E-state index contributed by atoms with van der Waals surface area (Å²) in [6.45, 7) is 0. The van der Waals surface area contributed by atoms with Gasteiger partial charge in [0.25, 0.3) is 0 Å². The Morgan fingerprint density at radius 1 is 1.11 bits per heavy atom. The number of aliphatic hydroxyl groups excluding tert-OH is 1. The van der Waals surface area contributed by atoms with Gasteiger partial charge in [-0.25, -0.2) is 0 Å². The van der Waals surface area contributed by atoms with E-state index >= 15 is 0 Å². The molecule has 3 N–H and O–H groups in total. The molecule has 0 radical (unpaired) electrons. The molecule has 1 aliphatic rings. The molecule has 2 aromatic rings. The first-order valence-corrected chi connectivity index (χ1v) is 5.85. The van der Waals surface area contributed by atoms with Crippen molar-refractivity contribution in [3.63, 3.8) is 0 Å². The fourth-order valence-electron chi connectivity index (χ4n) is 2.53. The molecule has 0 bridgehead atoms. The van der Waals surface area contributed by atoms with Gasteiger partial charge in [0.15, 0.2) is 0 Å². The minimum absolute atomic E-state index is 0.228. The van der Waals surface area contributed by atoms with Crippen LogP contribution in [-0.2, 0) is 11.2 Å². The van der Waals surface area contributed by atoms with Gasteiger partial charge < -0.3 is 10.8 Å². The smallest absolute Gasteiger partial charge is 0.221 e. The Morgan fingerprint density at radius 2 is 1.83 bits per heavy atom. The third kappa shape index (κ3) is 1.60. The average Bonchev–Trinajstić information content (AvgIpc) is 2.63. The molecule has 0 saturated carbocycles. The zero-order chi connectivity index (χ0) is 12.7. The maximum absolute atomic E-state index is 11.0. The minimum Gasteiger partial charge on any atom is -0.384 e. The fraction of sp³-hybridized carbons (Fsp3) is 0.133. The second-order valence-corrected chi connectivity index (χ2v) is 4.55. The number of hydrogen-bond donors (Lipinski definition) is 2. The largest absolute Gasteiger partial charge is 0.384 e. The lowest BCUT2D eigenvalue weighted by atomic mass is 10.0. The van der Waals surface area contributed by atoms with Gasteiger partial charge in [0, 0.05) is 0 Å². The van der Waals surface area contributed by atoms with Crippen molar-refractivity contribution in [3.05, 3.63) is 59.2 Å². The van der Waals surface area contributed by atoms with E-state index in [1.165, 1.54) is 0 Å². The number of hydrogen-bond acceptors (Lipinski definition) is 2. The van der Waals surface area contributed by atoms with Crippen LogP contribution in [0.4, 0.5) is 0 Å². The SMILES string of the molecule is NC(=O)Cc1ccc2c(c1)-c1ccccc1C2O. The first kappa shape index (κ1) is 11.0. The molecule has 0 aliphatic heterocycles. The van der Waals surface area contributed by atoms with Crippen LogP contribution in [0.1, 0.15) is 22.8 Å². The number of primary amides is 1. The summed E-state index contributed by atoms with van der Waals surface area (Å²) in [7, 11) is 0. The molecular formula is C15H13NO2. The van der Waals surface area contributed by atoms with E-state index in [1.807, 2.05) is 42.5 Å². The summed E-state index contributed by atoms with van der Waals surface area (Å²) in [6, 6.07) is 13.4. The molecule has 3 nitrogen and oxygen atoms in total. The molecule has 0 fully saturated rings. The second kappa shape index (κ2) is 3.96. The summed E-state index contributed by atoms with van der Waals surface area (Å²) >= 11 is 0. The highest BCUT2D eigenvalue weighted by atomic mass is 16.3. The van der Waals surface area contributed by atoms with E-state index in [9.17, 15) is 9.90 Å². The highest BCUT2D eigenvalue weighted by molar-refractivity contribution is 5.81. The number of benzene rings is 2. The number of carbonyl (C=O) groups is 1. The molecule has 1 unspecified atom stereocenters. The van der Waals surface area contributed by atoms with Gasteiger partial charge in [0.05, 0.1) is 6.42 Å². The summed E-state index contributed by atoms with van der Waals surface area (Å²) in [5.74, 6) is -0.346. The summed E-state index contributed by atoms with van der Waals surface area (Å²) < 4.78 is 0. The Morgan fingerprint density at radius 3 is 2.61 bits per heavy atom. The molecule has 2 aromatic carbocycles. The Kier molecular flexibility index (Phi) is 2.42. The first-order chi connectivity index (χ1) is 8.66. The fourth-order valence-corrected chi connectivity index (χ4v) is 2.53. The maximum atomic E-state index is 11.0. The van der Waals surface area contributed by atoms with E-state index in [0.29, 0.717) is 0 Å². The molecule has 0 aromatic heterocycles. The summed E-state index contributed by atoms with van der Waals surface area (Å²) in [5, 5.41) is 10.2. The Balaban J connectivity index is 2.13. The third-order valence-corrected chi connectivity index (χ3v) is 3.34. The van der Waals surface area contributed by atoms with Crippen LogP contribution in [0.15, 0.2) is 42.5 Å². The van der Waals surface area contributed by atoms with E-state index in [1.54, 1.807) is 0 Å². The van der Waals surface area contributed by atoms with Crippen LogP contribution in [0.5, 0.6) is 0 Å². The van der Waals surface area contributed by atoms with E-state index in [-0.39, 0.29) is 12.3 Å². The topological polar surface area (TPSA) is 63.3 Å². The van der Waals surface area contributed by atoms with Gasteiger partial charge >= 0.3 is 0 Å². The first-order valence-electron chi connectivity index (χ1n) is 5.85. The predicted octanol–water partition coefficient (Wildman–Crippen LogP) is 1.78. The molecule has 18 heavy (non-hydrogen) atoms. The van der Waals surface area contributed by atoms with Crippen molar-refractivity contribution in [2.45, 2.75) is 12.5 Å². The number of rotatable bonds is 2. The number of nitrogens with two attached hydrogens (primary N) is 1. The zero-order valence-electron chi connectivity index (χ0n) is 9.76. The van der Waals surface area contributed by atoms with Crippen molar-refractivity contribution in [3.8, 4) is 11.1 Å². The molecule has 0 heterocycles. The number of aliphatic hydroxyl groups is 1. The molecule has 1 aliphatic carbocycles. The van der Waals surface area contributed by atoms with Crippen LogP contribution in [0.25, 0.3) is 11.1 Å². The van der Waals surface area contributed by atoms with Gasteiger partial charge in [0.2, 0.25) is 5.91 Å². The lowest BCUT2D eigenvalue weighted by molar-refractivity contribution is -0.117. The van der Waals surface area contributed by atoms with E-state index < -0.39 is 6.10 Å². The second-order valence-electron chi connectivity index (χ2n) is 4.55. The third-order valence-electron chi connectivity index (χ3n) is 3.34. The van der Waals surface area contributed by atoms with Gasteiger partial charge in [-0.3, -0.25) is 4.79 Å². The molecule has 3 heteroatoms. The molecule has 0 saturated heterocycles. The quantitative estimate of drug-likeness (QED) is 0.839. The van der Waals surface area contributed by atoms with Gasteiger partial charge in [-0.15, -0.1) is 0 Å². The lowest BCUT2D eigenvalue weighted by Crippen LogP contribution is -2.13. The number of fused-ring (bicyclic) bond motifs is 3. The summed E-state index contributed by atoms with van der Waals surface area (Å²) in [4.78, 5) is 11.0. The van der Waals surface area contributed by atoms with E-state index in [2.05, 4.69) is 0 Å². The van der Waals surface area contributed by atoms with Crippen molar-refractivity contribution >= 4 is 5.91 Å². The molecule has 0 spiro atoms. The molecule has 90 valence electrons. The Labute approximate surface area is 105 Å². The van der Waals surface area contributed by atoms with Gasteiger partial charge in [-0.2, -0.15) is 0 Å². The Hall–Kier alpha value is -2.13. The standard InChI is InChI=1S/C15H13NO2/c16-14(17)8-9-5-6-12-13(7-9)10-3-1-2-4-11(10)15(12)18/h1-7,15,18H,8H2,(H2,16,17). The van der Waals surface area contributed by atoms with Crippen molar-refractivity contribution in [2.75, 3.05) is 0 Å². The zero-order valence-corrected chi connectivity index (χ0v) is 9.76. The minimum atomic E-state index is -0.571. The van der Waals surface area contributed by atoms with Crippen molar-refractivity contribution < 1.29 is 9.90 Å². The van der Waals surface area contributed by atoms with Crippen molar-refractivity contribution in [1.29, 1.82) is 0 Å². The van der Waals surface area contributed by atoms with Gasteiger partial charge in [-0.1, -0.05) is 42.5 Å². The average molecular weight is 239 g/mol. The lowest BCUT2D eigenvalue weighted by Gasteiger charge is -2.06. The maximum Gasteiger partial charge on any atom is 0.221 e. The molecule has 1 amide bonds. The van der Waals surface area contributed by atoms with E-state index in [4.69, 9.17) is 5.73 Å². The van der Waals surface area contributed by atoms with Crippen LogP contribution in [0.2, 0.25) is 0 Å². The van der Waals surface area contributed by atoms with E-state index in [0.717, 1.165) is 27.8 Å². The van der Waals surface area contributed by atoms with Crippen LogP contribution in [0, 0.1) is 0 Å². The van der Waals surface area contributed by atoms with Crippen LogP contribution in [-0.4, -0.2) is 11.0 Å². The van der Waals surface area contributed by atoms with Gasteiger partial charge in [0.1, 0.15) is 6.10 Å². The van der Waals surface area contributed by atoms with Crippen LogP contribution in [0.3, 0.4) is 0 Å². The highest BCUT2D eigenvalue weighted by Crippen LogP contribution is 2.43. The summed E-state index contributed by atoms with van der Waals surface area (Å²) in [6.07, 6.45) is -0.343. The Bertz CT molecular complexity index is 634. The monoisotopic (exact) mass is 239 g/mol. The number of carbonyl (C=O) groups excluding carboxylic acids is 1. The van der Waals surface area contributed by atoms with Crippen LogP contribution >= 0.6 is 0 Å². The van der Waals surface area contributed by atoms with Crippen molar-refractivity contribution in [1.82, 2.24) is 0 Å².